The predicted octanol–water partition coefficient (Wildman–Crippen LogP) is 4.83. The number of nitrogens with zero attached hydrogens (tertiary/aromatic N) is 1. The largest absolute Gasteiger partial charge is 0.504 e. The molecule has 6 heteroatoms. The molecular formula is C25H29NO5. The molecule has 0 radical (unpaired) electrons. The standard InChI is InChI=1S/C25H29NO5/c1-4-5-12-26-19(9-6-17-7-10-22(28)24(13-17)30-2)15-20(27)16-21(26)18-8-11-23(29)25(14-18)31-3/h6-11,13-15,21,28-29H,4-5,12,16H2,1-3H3/b9-6+. The normalized spacial score (nSPS) is 16.5. The number of ether oxygens (including phenoxy) is 2. The van der Waals surface area contributed by atoms with Gasteiger partial charge in [0, 0.05) is 24.7 Å². The highest BCUT2D eigenvalue weighted by molar-refractivity contribution is 5.92. The molecule has 1 aliphatic rings. The molecule has 3 rings (SSSR count). The molecule has 0 fully saturated rings. The van der Waals surface area contributed by atoms with Gasteiger partial charge in [-0.3, -0.25) is 4.79 Å². The minimum atomic E-state index is -0.146. The quantitative estimate of drug-likeness (QED) is 0.633. The van der Waals surface area contributed by atoms with Crippen LogP contribution in [0.1, 0.15) is 43.4 Å². The zero-order chi connectivity index (χ0) is 22.4. The van der Waals surface area contributed by atoms with E-state index in [1.807, 2.05) is 18.2 Å². The van der Waals surface area contributed by atoms with Gasteiger partial charge in [0.2, 0.25) is 0 Å². The maximum Gasteiger partial charge on any atom is 0.161 e. The van der Waals surface area contributed by atoms with E-state index in [0.29, 0.717) is 17.9 Å². The van der Waals surface area contributed by atoms with Crippen molar-refractivity contribution in [2.24, 2.45) is 0 Å². The topological polar surface area (TPSA) is 79.2 Å². The Bertz CT molecular complexity index is 995. The molecule has 0 spiro atoms. The molecule has 1 heterocycles. The van der Waals surface area contributed by atoms with Crippen LogP contribution in [0.25, 0.3) is 6.08 Å². The molecule has 31 heavy (non-hydrogen) atoms. The smallest absolute Gasteiger partial charge is 0.161 e. The molecule has 1 unspecified atom stereocenters. The lowest BCUT2D eigenvalue weighted by Gasteiger charge is -2.37. The molecule has 1 atom stereocenters. The highest BCUT2D eigenvalue weighted by Crippen LogP contribution is 2.37. The van der Waals surface area contributed by atoms with E-state index < -0.39 is 0 Å². The van der Waals surface area contributed by atoms with Crippen LogP contribution in [0.5, 0.6) is 23.0 Å². The Morgan fingerprint density at radius 1 is 1.03 bits per heavy atom. The Hall–Kier alpha value is -3.41. The fraction of sp³-hybridized carbons (Fsp3) is 0.320. The molecule has 164 valence electrons. The van der Waals surface area contributed by atoms with E-state index in [2.05, 4.69) is 11.8 Å². The highest BCUT2D eigenvalue weighted by atomic mass is 16.5. The summed E-state index contributed by atoms with van der Waals surface area (Å²) in [6, 6.07) is 10.2. The Morgan fingerprint density at radius 3 is 2.39 bits per heavy atom. The zero-order valence-electron chi connectivity index (χ0n) is 18.2. The second kappa shape index (κ2) is 10.1. The number of benzene rings is 2. The molecule has 0 bridgehead atoms. The van der Waals surface area contributed by atoms with E-state index in [1.54, 1.807) is 36.4 Å². The van der Waals surface area contributed by atoms with Crippen LogP contribution < -0.4 is 9.47 Å². The second-order valence-electron chi connectivity index (χ2n) is 7.50. The van der Waals surface area contributed by atoms with E-state index >= 15 is 0 Å². The van der Waals surface area contributed by atoms with Crippen molar-refractivity contribution in [3.63, 3.8) is 0 Å². The van der Waals surface area contributed by atoms with Crippen molar-refractivity contribution < 1.29 is 24.5 Å². The van der Waals surface area contributed by atoms with Gasteiger partial charge in [0.05, 0.1) is 20.3 Å². The minimum Gasteiger partial charge on any atom is -0.504 e. The first kappa shape index (κ1) is 22.3. The number of hydrogen-bond donors (Lipinski definition) is 2. The van der Waals surface area contributed by atoms with Crippen molar-refractivity contribution in [2.45, 2.75) is 32.2 Å². The van der Waals surface area contributed by atoms with Gasteiger partial charge in [-0.05, 0) is 47.9 Å². The number of unbranched alkanes of at least 4 members (excludes halogenated alkanes) is 1. The van der Waals surface area contributed by atoms with E-state index in [1.165, 1.54) is 14.2 Å². The number of allylic oxidation sites excluding steroid dienone is 2. The van der Waals surface area contributed by atoms with E-state index in [4.69, 9.17) is 9.47 Å². The number of hydrogen-bond acceptors (Lipinski definition) is 6. The lowest BCUT2D eigenvalue weighted by Crippen LogP contribution is -2.34. The number of phenols is 2. The number of carbonyl (C=O) groups is 1. The molecule has 2 N–H and O–H groups in total. The predicted molar refractivity (Wildman–Crippen MR) is 120 cm³/mol. The van der Waals surface area contributed by atoms with Gasteiger partial charge >= 0.3 is 0 Å². The third kappa shape index (κ3) is 5.20. The van der Waals surface area contributed by atoms with Gasteiger partial charge < -0.3 is 24.6 Å². The molecule has 0 aromatic heterocycles. The minimum absolute atomic E-state index is 0.0488. The zero-order valence-corrected chi connectivity index (χ0v) is 18.2. The third-order valence-corrected chi connectivity index (χ3v) is 5.40. The second-order valence-corrected chi connectivity index (χ2v) is 7.50. The summed E-state index contributed by atoms with van der Waals surface area (Å²) in [4.78, 5) is 14.8. The van der Waals surface area contributed by atoms with Gasteiger partial charge in [0.15, 0.2) is 28.8 Å². The van der Waals surface area contributed by atoms with Crippen LogP contribution >= 0.6 is 0 Å². The maximum atomic E-state index is 12.6. The van der Waals surface area contributed by atoms with Gasteiger partial charge in [-0.15, -0.1) is 0 Å². The Kier molecular flexibility index (Phi) is 7.23. The molecular weight excluding hydrogens is 394 g/mol. The first-order valence-corrected chi connectivity index (χ1v) is 10.4. The molecule has 0 amide bonds. The number of aromatic hydroxyl groups is 2. The fourth-order valence-electron chi connectivity index (χ4n) is 3.72. The van der Waals surface area contributed by atoms with Crippen LogP contribution in [0.4, 0.5) is 0 Å². The number of carbonyl (C=O) groups excluding carboxylic acids is 1. The van der Waals surface area contributed by atoms with E-state index in [-0.39, 0.29) is 23.3 Å². The van der Waals surface area contributed by atoms with Crippen LogP contribution in [0, 0.1) is 0 Å². The summed E-state index contributed by atoms with van der Waals surface area (Å²) in [6.45, 7) is 2.93. The van der Waals surface area contributed by atoms with Crippen LogP contribution in [0.15, 0.2) is 54.2 Å². The summed E-state index contributed by atoms with van der Waals surface area (Å²) >= 11 is 0. The highest BCUT2D eigenvalue weighted by Gasteiger charge is 2.28. The Balaban J connectivity index is 1.95. The molecule has 0 saturated heterocycles. The average Bonchev–Trinajstić information content (AvgIpc) is 2.77. The van der Waals surface area contributed by atoms with Gasteiger partial charge in [0.25, 0.3) is 0 Å². The van der Waals surface area contributed by atoms with Crippen LogP contribution in [-0.2, 0) is 4.79 Å². The van der Waals surface area contributed by atoms with Gasteiger partial charge in [0.1, 0.15) is 0 Å². The monoisotopic (exact) mass is 423 g/mol. The lowest BCUT2D eigenvalue weighted by atomic mass is 9.94. The first-order chi connectivity index (χ1) is 15.0. The number of ketones is 1. The molecule has 0 saturated carbocycles. The fourth-order valence-corrected chi connectivity index (χ4v) is 3.72. The van der Waals surface area contributed by atoms with Crippen molar-refractivity contribution in [1.29, 1.82) is 0 Å². The summed E-state index contributed by atoms with van der Waals surface area (Å²) in [5, 5.41) is 19.8. The summed E-state index contributed by atoms with van der Waals surface area (Å²) in [7, 11) is 3.02. The number of rotatable bonds is 8. The van der Waals surface area contributed by atoms with Gasteiger partial charge in [-0.1, -0.05) is 31.6 Å². The van der Waals surface area contributed by atoms with Crippen molar-refractivity contribution >= 4 is 11.9 Å². The van der Waals surface area contributed by atoms with E-state index in [0.717, 1.165) is 36.2 Å². The average molecular weight is 424 g/mol. The van der Waals surface area contributed by atoms with Crippen molar-refractivity contribution in [3.8, 4) is 23.0 Å². The molecule has 0 aliphatic carbocycles. The van der Waals surface area contributed by atoms with Crippen LogP contribution in [0.3, 0.4) is 0 Å². The van der Waals surface area contributed by atoms with Crippen LogP contribution in [-0.4, -0.2) is 41.7 Å². The summed E-state index contributed by atoms with van der Waals surface area (Å²) in [6.07, 6.45) is 7.88. The summed E-state index contributed by atoms with van der Waals surface area (Å²) in [5.41, 5.74) is 2.60. The van der Waals surface area contributed by atoms with Crippen molar-refractivity contribution in [2.75, 3.05) is 20.8 Å². The Morgan fingerprint density at radius 2 is 1.71 bits per heavy atom. The number of methoxy groups -OCH3 is 2. The lowest BCUT2D eigenvalue weighted by molar-refractivity contribution is -0.116. The van der Waals surface area contributed by atoms with Crippen molar-refractivity contribution in [3.05, 3.63) is 65.4 Å². The molecule has 2 aromatic carbocycles. The SMILES string of the molecule is CCCCN1C(/C=C/c2ccc(O)c(OC)c2)=CC(=O)CC1c1ccc(O)c(OC)c1. The maximum absolute atomic E-state index is 12.6. The first-order valence-electron chi connectivity index (χ1n) is 10.4. The van der Waals surface area contributed by atoms with E-state index in [9.17, 15) is 15.0 Å². The molecule has 1 aliphatic heterocycles. The summed E-state index contributed by atoms with van der Waals surface area (Å²) < 4.78 is 10.4. The van der Waals surface area contributed by atoms with Crippen LogP contribution in [0.2, 0.25) is 0 Å². The Labute approximate surface area is 183 Å². The summed E-state index contributed by atoms with van der Waals surface area (Å²) in [5.74, 6) is 0.992. The third-order valence-electron chi connectivity index (χ3n) is 5.40. The molecule has 6 nitrogen and oxygen atoms in total. The van der Waals surface area contributed by atoms with Gasteiger partial charge in [-0.2, -0.15) is 0 Å². The number of phenolic OH excluding ortho intramolecular Hbond substituents is 2. The van der Waals surface area contributed by atoms with Gasteiger partial charge in [-0.25, -0.2) is 0 Å². The molecule has 2 aromatic rings. The van der Waals surface area contributed by atoms with Crippen molar-refractivity contribution in [1.82, 2.24) is 4.90 Å².